The van der Waals surface area contributed by atoms with Gasteiger partial charge in [-0.3, -0.25) is 14.3 Å². The molecule has 0 atom stereocenters. The number of hydrogen-bond donors (Lipinski definition) is 1. The molecule has 1 saturated heterocycles. The fourth-order valence-corrected chi connectivity index (χ4v) is 4.53. The lowest BCUT2D eigenvalue weighted by Gasteiger charge is -2.45. The number of carbonyl (C=O) groups excluding carboxylic acids is 2. The molecule has 2 heterocycles. The molecule has 2 fully saturated rings. The summed E-state index contributed by atoms with van der Waals surface area (Å²) in [5.41, 5.74) is 1.34. The molecule has 4 rings (SSSR count). The van der Waals surface area contributed by atoms with Crippen molar-refractivity contribution >= 4 is 27.7 Å². The van der Waals surface area contributed by atoms with E-state index in [1.807, 2.05) is 17.0 Å². The molecular weight excluding hydrogens is 420 g/mol. The Bertz CT molecular complexity index is 865. The van der Waals surface area contributed by atoms with Crippen molar-refractivity contribution in [1.82, 2.24) is 20.0 Å². The van der Waals surface area contributed by atoms with Crippen LogP contribution in [0.25, 0.3) is 0 Å². The molecule has 148 valence electrons. The average molecular weight is 445 g/mol. The van der Waals surface area contributed by atoms with Gasteiger partial charge in [0, 0.05) is 36.8 Å². The maximum atomic E-state index is 13.4. The van der Waals surface area contributed by atoms with Gasteiger partial charge in [0.05, 0.1) is 17.2 Å². The molecule has 28 heavy (non-hydrogen) atoms. The highest BCUT2D eigenvalue weighted by molar-refractivity contribution is 9.10. The molecule has 1 aromatic heterocycles. The van der Waals surface area contributed by atoms with Crippen LogP contribution in [0.15, 0.2) is 41.1 Å². The third-order valence-corrected chi connectivity index (χ3v) is 6.63. The molecule has 0 unspecified atom stereocenters. The van der Waals surface area contributed by atoms with E-state index in [1.54, 1.807) is 24.1 Å². The van der Waals surface area contributed by atoms with Gasteiger partial charge in [-0.25, -0.2) is 0 Å². The zero-order chi connectivity index (χ0) is 19.7. The molecule has 0 bridgehead atoms. The standard InChI is InChI=1S/C21H25BrN4O2/c1-25-14-15(13-23-25)19(27)24-18-7-11-26(12-8-18)20(28)21(9-2-10-21)16-3-5-17(22)6-4-16/h3-6,13-14,18H,2,7-12H2,1H3,(H,24,27). The predicted molar refractivity (Wildman–Crippen MR) is 110 cm³/mol. The van der Waals surface area contributed by atoms with E-state index in [-0.39, 0.29) is 23.3 Å². The first kappa shape index (κ1) is 19.2. The van der Waals surface area contributed by atoms with Crippen molar-refractivity contribution in [1.29, 1.82) is 0 Å². The Morgan fingerprint density at radius 2 is 1.86 bits per heavy atom. The van der Waals surface area contributed by atoms with Gasteiger partial charge in [0.25, 0.3) is 5.91 Å². The summed E-state index contributed by atoms with van der Waals surface area (Å²) >= 11 is 3.48. The fourth-order valence-electron chi connectivity index (χ4n) is 4.26. The van der Waals surface area contributed by atoms with E-state index >= 15 is 0 Å². The summed E-state index contributed by atoms with van der Waals surface area (Å²) in [6.45, 7) is 1.38. The van der Waals surface area contributed by atoms with Gasteiger partial charge in [-0.15, -0.1) is 0 Å². The number of aryl methyl sites for hydroxylation is 1. The van der Waals surface area contributed by atoms with Crippen LogP contribution in [0.1, 0.15) is 48.0 Å². The highest BCUT2D eigenvalue weighted by Gasteiger charge is 2.48. The molecule has 1 N–H and O–H groups in total. The number of rotatable bonds is 4. The van der Waals surface area contributed by atoms with Crippen LogP contribution in [-0.2, 0) is 17.3 Å². The molecule has 1 aromatic carbocycles. The second-order valence-electron chi connectivity index (χ2n) is 7.89. The smallest absolute Gasteiger partial charge is 0.254 e. The molecular formula is C21H25BrN4O2. The summed E-state index contributed by atoms with van der Waals surface area (Å²) in [4.78, 5) is 27.7. The lowest BCUT2D eigenvalue weighted by Crippen LogP contribution is -2.55. The van der Waals surface area contributed by atoms with E-state index in [9.17, 15) is 9.59 Å². The van der Waals surface area contributed by atoms with Crippen LogP contribution >= 0.6 is 15.9 Å². The topological polar surface area (TPSA) is 67.2 Å². The average Bonchev–Trinajstić information content (AvgIpc) is 3.09. The van der Waals surface area contributed by atoms with E-state index in [0.29, 0.717) is 18.7 Å². The Labute approximate surface area is 173 Å². The van der Waals surface area contributed by atoms with Crippen LogP contribution in [0.2, 0.25) is 0 Å². The minimum absolute atomic E-state index is 0.0943. The molecule has 7 heteroatoms. The molecule has 0 radical (unpaired) electrons. The Kier molecular flexibility index (Phi) is 5.27. The van der Waals surface area contributed by atoms with E-state index < -0.39 is 0 Å². The molecule has 1 aliphatic heterocycles. The van der Waals surface area contributed by atoms with Crippen molar-refractivity contribution < 1.29 is 9.59 Å². The van der Waals surface area contributed by atoms with Gasteiger partial charge < -0.3 is 10.2 Å². The summed E-state index contributed by atoms with van der Waals surface area (Å²) in [5.74, 6) is 0.154. The molecule has 1 saturated carbocycles. The second-order valence-corrected chi connectivity index (χ2v) is 8.80. The van der Waals surface area contributed by atoms with E-state index in [4.69, 9.17) is 0 Å². The van der Waals surface area contributed by atoms with Crippen LogP contribution in [0.5, 0.6) is 0 Å². The Balaban J connectivity index is 1.37. The lowest BCUT2D eigenvalue weighted by atomic mass is 9.63. The van der Waals surface area contributed by atoms with Crippen molar-refractivity contribution in [3.63, 3.8) is 0 Å². The van der Waals surface area contributed by atoms with Gasteiger partial charge in [0.2, 0.25) is 5.91 Å². The fraction of sp³-hybridized carbons (Fsp3) is 0.476. The van der Waals surface area contributed by atoms with E-state index in [1.165, 1.54) is 0 Å². The molecule has 6 nitrogen and oxygen atoms in total. The number of piperidine rings is 1. The van der Waals surface area contributed by atoms with Gasteiger partial charge in [-0.05, 0) is 43.4 Å². The second kappa shape index (κ2) is 7.70. The van der Waals surface area contributed by atoms with Gasteiger partial charge >= 0.3 is 0 Å². The normalized spacial score (nSPS) is 19.1. The Morgan fingerprint density at radius 3 is 2.39 bits per heavy atom. The molecule has 0 spiro atoms. The minimum Gasteiger partial charge on any atom is -0.349 e. The zero-order valence-corrected chi connectivity index (χ0v) is 17.6. The van der Waals surface area contributed by atoms with E-state index in [2.05, 4.69) is 38.5 Å². The number of benzene rings is 1. The number of nitrogens with one attached hydrogen (secondary N) is 1. The summed E-state index contributed by atoms with van der Waals surface area (Å²) < 4.78 is 2.65. The number of nitrogens with zero attached hydrogens (tertiary/aromatic N) is 3. The van der Waals surface area contributed by atoms with Crippen LogP contribution in [0.3, 0.4) is 0 Å². The largest absolute Gasteiger partial charge is 0.349 e. The Morgan fingerprint density at radius 1 is 1.18 bits per heavy atom. The van der Waals surface area contributed by atoms with Crippen molar-refractivity contribution in [3.05, 3.63) is 52.3 Å². The van der Waals surface area contributed by atoms with Gasteiger partial charge in [0.15, 0.2) is 0 Å². The molecule has 2 amide bonds. The first-order valence-corrected chi connectivity index (χ1v) is 10.6. The minimum atomic E-state index is -0.355. The number of halogens is 1. The number of amides is 2. The molecule has 1 aliphatic carbocycles. The highest BCUT2D eigenvalue weighted by atomic mass is 79.9. The first-order valence-electron chi connectivity index (χ1n) is 9.83. The third-order valence-electron chi connectivity index (χ3n) is 6.10. The number of hydrogen-bond acceptors (Lipinski definition) is 3. The van der Waals surface area contributed by atoms with Crippen LogP contribution in [-0.4, -0.2) is 45.6 Å². The van der Waals surface area contributed by atoms with E-state index in [0.717, 1.165) is 42.1 Å². The monoisotopic (exact) mass is 444 g/mol. The van der Waals surface area contributed by atoms with Crippen LogP contribution in [0.4, 0.5) is 0 Å². The van der Waals surface area contributed by atoms with Crippen molar-refractivity contribution in [2.24, 2.45) is 7.05 Å². The summed E-state index contributed by atoms with van der Waals surface area (Å²) in [6, 6.07) is 8.28. The summed E-state index contributed by atoms with van der Waals surface area (Å²) in [6.07, 6.45) is 7.80. The number of aromatic nitrogens is 2. The first-order chi connectivity index (χ1) is 13.5. The SMILES string of the molecule is Cn1cc(C(=O)NC2CCN(C(=O)C3(c4ccc(Br)cc4)CCC3)CC2)cn1. The third kappa shape index (κ3) is 3.60. The quantitative estimate of drug-likeness (QED) is 0.787. The predicted octanol–water partition coefficient (Wildman–Crippen LogP) is 3.03. The van der Waals surface area contributed by atoms with Gasteiger partial charge in [-0.2, -0.15) is 5.10 Å². The van der Waals surface area contributed by atoms with Crippen molar-refractivity contribution in [2.75, 3.05) is 13.1 Å². The van der Waals surface area contributed by atoms with Gasteiger partial charge in [0.1, 0.15) is 0 Å². The molecule has 2 aromatic rings. The van der Waals surface area contributed by atoms with Crippen molar-refractivity contribution in [2.45, 2.75) is 43.6 Å². The van der Waals surface area contributed by atoms with Crippen molar-refractivity contribution in [3.8, 4) is 0 Å². The van der Waals surface area contributed by atoms with Gasteiger partial charge in [-0.1, -0.05) is 34.5 Å². The maximum absolute atomic E-state index is 13.4. The van der Waals surface area contributed by atoms with Crippen LogP contribution < -0.4 is 5.32 Å². The summed E-state index contributed by atoms with van der Waals surface area (Å²) in [5, 5.41) is 7.12. The van der Waals surface area contributed by atoms with Crippen LogP contribution in [0, 0.1) is 0 Å². The highest BCUT2D eigenvalue weighted by Crippen LogP contribution is 2.45. The number of carbonyl (C=O) groups is 2. The Hall–Kier alpha value is -2.15. The zero-order valence-electron chi connectivity index (χ0n) is 16.0. The molecule has 2 aliphatic rings. The summed E-state index contributed by atoms with van der Waals surface area (Å²) in [7, 11) is 1.79. The number of likely N-dealkylation sites (tertiary alicyclic amines) is 1. The lowest BCUT2D eigenvalue weighted by molar-refractivity contribution is -0.142. The maximum Gasteiger partial charge on any atom is 0.254 e.